The molecule has 0 amide bonds. The smallest absolute Gasteiger partial charge is 0.200 e. The fourth-order valence-corrected chi connectivity index (χ4v) is 2.93. The largest absolute Gasteiger partial charge is 0.369 e. The minimum absolute atomic E-state index is 0.502. The number of guanidine groups is 1. The quantitative estimate of drug-likeness (QED) is 0.535. The first kappa shape index (κ1) is 19.0. The lowest BCUT2D eigenvalue weighted by molar-refractivity contribution is 0.733. The molecule has 3 heteroatoms. The zero-order valence-corrected chi connectivity index (χ0v) is 16.2. The van der Waals surface area contributed by atoms with Gasteiger partial charge >= 0.3 is 0 Å². The Morgan fingerprint density at radius 2 is 1.36 bits per heavy atom. The van der Waals surface area contributed by atoms with Crippen LogP contribution in [0, 0.1) is 0 Å². The number of anilines is 2. The van der Waals surface area contributed by atoms with Crippen LogP contribution in [0.5, 0.6) is 0 Å². The summed E-state index contributed by atoms with van der Waals surface area (Å²) >= 11 is 0. The van der Waals surface area contributed by atoms with Gasteiger partial charge in [-0.05, 0) is 60.1 Å². The maximum Gasteiger partial charge on any atom is 0.200 e. The second-order valence-corrected chi connectivity index (χ2v) is 6.73. The number of aliphatic imine (C=N–C) groups is 1. The van der Waals surface area contributed by atoms with E-state index in [1.54, 1.807) is 7.05 Å². The van der Waals surface area contributed by atoms with E-state index in [1.807, 2.05) is 4.90 Å². The lowest BCUT2D eigenvalue weighted by Gasteiger charge is -2.26. The Morgan fingerprint density at radius 1 is 0.920 bits per heavy atom. The monoisotopic (exact) mass is 337 g/mol. The molecule has 25 heavy (non-hydrogen) atoms. The van der Waals surface area contributed by atoms with Crippen molar-refractivity contribution in [2.45, 2.75) is 52.4 Å². The van der Waals surface area contributed by atoms with Crippen LogP contribution in [-0.2, 0) is 0 Å². The number of hydrogen-bond acceptors (Lipinski definition) is 1. The van der Waals surface area contributed by atoms with Crippen LogP contribution in [0.4, 0.5) is 11.4 Å². The highest BCUT2D eigenvalue weighted by molar-refractivity contribution is 6.01. The van der Waals surface area contributed by atoms with E-state index in [0.717, 1.165) is 24.2 Å². The summed E-state index contributed by atoms with van der Waals surface area (Å²) in [5, 5.41) is 0. The molecule has 0 spiro atoms. The molecule has 2 aromatic carbocycles. The van der Waals surface area contributed by atoms with Crippen LogP contribution in [0.3, 0.4) is 0 Å². The molecule has 2 unspecified atom stereocenters. The summed E-state index contributed by atoms with van der Waals surface area (Å²) < 4.78 is 0. The molecular weight excluding hydrogens is 306 g/mol. The second-order valence-electron chi connectivity index (χ2n) is 6.73. The molecule has 2 aromatic rings. The summed E-state index contributed by atoms with van der Waals surface area (Å²) in [4.78, 5) is 6.29. The first-order valence-electron chi connectivity index (χ1n) is 9.24. The number of benzene rings is 2. The Balaban J connectivity index is 2.51. The first-order chi connectivity index (χ1) is 12.0. The van der Waals surface area contributed by atoms with Crippen molar-refractivity contribution in [3.05, 3.63) is 59.7 Å². The van der Waals surface area contributed by atoms with Crippen LogP contribution in [0.2, 0.25) is 0 Å². The highest BCUT2D eigenvalue weighted by Gasteiger charge is 2.16. The summed E-state index contributed by atoms with van der Waals surface area (Å²) in [6, 6.07) is 17.2. The summed E-state index contributed by atoms with van der Waals surface area (Å²) in [7, 11) is 1.74. The number of hydrogen-bond donors (Lipinski definition) is 1. The van der Waals surface area contributed by atoms with Gasteiger partial charge in [0, 0.05) is 18.4 Å². The molecule has 0 heterocycles. The maximum absolute atomic E-state index is 6.27. The topological polar surface area (TPSA) is 41.6 Å². The zero-order valence-electron chi connectivity index (χ0n) is 16.2. The minimum Gasteiger partial charge on any atom is -0.369 e. The van der Waals surface area contributed by atoms with E-state index in [1.165, 1.54) is 11.1 Å². The van der Waals surface area contributed by atoms with Gasteiger partial charge in [0.2, 0.25) is 0 Å². The Kier molecular flexibility index (Phi) is 6.63. The molecular formula is C22H31N3. The standard InChI is InChI=1S/C22H31N3/c1-6-16(3)18-10-8-12-20(14-18)25(22(23)24-5)21-13-9-11-19(15-21)17(4)7-2/h8-17H,6-7H2,1-5H3,(H2,23,24). The predicted octanol–water partition coefficient (Wildman–Crippen LogP) is 5.80. The first-order valence-corrected chi connectivity index (χ1v) is 9.24. The molecule has 0 aliphatic heterocycles. The highest BCUT2D eigenvalue weighted by Crippen LogP contribution is 2.31. The molecule has 0 saturated carbocycles. The highest BCUT2D eigenvalue weighted by atomic mass is 15.3. The predicted molar refractivity (Wildman–Crippen MR) is 110 cm³/mol. The second kappa shape index (κ2) is 8.70. The van der Waals surface area contributed by atoms with Crippen molar-refractivity contribution >= 4 is 17.3 Å². The Morgan fingerprint density at radius 3 is 1.72 bits per heavy atom. The van der Waals surface area contributed by atoms with Crippen molar-refractivity contribution in [1.82, 2.24) is 0 Å². The van der Waals surface area contributed by atoms with E-state index in [4.69, 9.17) is 5.73 Å². The van der Waals surface area contributed by atoms with E-state index in [2.05, 4.69) is 81.2 Å². The van der Waals surface area contributed by atoms with Gasteiger partial charge in [0.15, 0.2) is 5.96 Å². The fourth-order valence-electron chi connectivity index (χ4n) is 2.93. The van der Waals surface area contributed by atoms with Gasteiger partial charge in [-0.15, -0.1) is 0 Å². The van der Waals surface area contributed by atoms with Gasteiger partial charge in [-0.2, -0.15) is 0 Å². The van der Waals surface area contributed by atoms with Crippen LogP contribution >= 0.6 is 0 Å². The van der Waals surface area contributed by atoms with Crippen molar-refractivity contribution in [2.75, 3.05) is 11.9 Å². The van der Waals surface area contributed by atoms with Crippen molar-refractivity contribution in [2.24, 2.45) is 10.7 Å². The van der Waals surface area contributed by atoms with Crippen LogP contribution in [0.15, 0.2) is 53.5 Å². The van der Waals surface area contributed by atoms with Crippen LogP contribution < -0.4 is 10.6 Å². The molecule has 0 fully saturated rings. The third-order valence-corrected chi connectivity index (χ3v) is 5.08. The van der Waals surface area contributed by atoms with Gasteiger partial charge in [-0.25, -0.2) is 0 Å². The molecule has 3 nitrogen and oxygen atoms in total. The van der Waals surface area contributed by atoms with E-state index < -0.39 is 0 Å². The molecule has 2 rings (SSSR count). The summed E-state index contributed by atoms with van der Waals surface area (Å²) in [6.07, 6.45) is 2.23. The molecule has 0 aliphatic carbocycles. The molecule has 0 saturated heterocycles. The van der Waals surface area contributed by atoms with Crippen molar-refractivity contribution in [3.8, 4) is 0 Å². The number of nitrogens with two attached hydrogens (primary N) is 1. The van der Waals surface area contributed by atoms with Crippen molar-refractivity contribution < 1.29 is 0 Å². The molecule has 2 N–H and O–H groups in total. The maximum atomic E-state index is 6.27. The Bertz CT molecular complexity index is 667. The van der Waals surface area contributed by atoms with Crippen molar-refractivity contribution in [1.29, 1.82) is 0 Å². The van der Waals surface area contributed by atoms with Gasteiger partial charge in [0.1, 0.15) is 0 Å². The van der Waals surface area contributed by atoms with Gasteiger partial charge < -0.3 is 5.73 Å². The lowest BCUT2D eigenvalue weighted by Crippen LogP contribution is -2.33. The number of nitrogens with zero attached hydrogens (tertiary/aromatic N) is 2. The Labute approximate surface area is 152 Å². The van der Waals surface area contributed by atoms with Gasteiger partial charge in [-0.3, -0.25) is 9.89 Å². The van der Waals surface area contributed by atoms with Crippen molar-refractivity contribution in [3.63, 3.8) is 0 Å². The van der Waals surface area contributed by atoms with E-state index in [0.29, 0.717) is 17.8 Å². The lowest BCUT2D eigenvalue weighted by atomic mass is 9.97. The average molecular weight is 338 g/mol. The fraction of sp³-hybridized carbons (Fsp3) is 0.409. The Hall–Kier alpha value is -2.29. The molecule has 134 valence electrons. The third kappa shape index (κ3) is 4.41. The summed E-state index contributed by atoms with van der Waals surface area (Å²) in [5.41, 5.74) is 11.0. The molecule has 2 atom stereocenters. The van der Waals surface area contributed by atoms with Gasteiger partial charge in [0.05, 0.1) is 0 Å². The van der Waals surface area contributed by atoms with E-state index >= 15 is 0 Å². The molecule has 0 aromatic heterocycles. The molecule has 0 aliphatic rings. The zero-order chi connectivity index (χ0) is 18.4. The van der Waals surface area contributed by atoms with Crippen LogP contribution in [0.25, 0.3) is 0 Å². The number of rotatable bonds is 6. The molecule has 0 radical (unpaired) electrons. The van der Waals surface area contributed by atoms with Crippen LogP contribution in [0.1, 0.15) is 63.5 Å². The summed E-state index contributed by atoms with van der Waals surface area (Å²) in [5.74, 6) is 1.55. The normalized spacial score (nSPS) is 14.2. The minimum atomic E-state index is 0.502. The SMILES string of the molecule is CCC(C)c1cccc(N(C(N)=NC)c2cccc(C(C)CC)c2)c1. The van der Waals surface area contributed by atoms with E-state index in [-0.39, 0.29) is 0 Å². The summed E-state index contributed by atoms with van der Waals surface area (Å²) in [6.45, 7) is 8.94. The molecule has 0 bridgehead atoms. The van der Waals surface area contributed by atoms with Gasteiger partial charge in [0.25, 0.3) is 0 Å². The van der Waals surface area contributed by atoms with E-state index in [9.17, 15) is 0 Å². The third-order valence-electron chi connectivity index (χ3n) is 5.08. The van der Waals surface area contributed by atoms with Crippen LogP contribution in [-0.4, -0.2) is 13.0 Å². The average Bonchev–Trinajstić information content (AvgIpc) is 2.67. The van der Waals surface area contributed by atoms with Gasteiger partial charge in [-0.1, -0.05) is 52.0 Å².